The summed E-state index contributed by atoms with van der Waals surface area (Å²) in [6.07, 6.45) is 2.00. The Bertz CT molecular complexity index is 643. The van der Waals surface area contributed by atoms with Gasteiger partial charge in [-0.3, -0.25) is 0 Å². The minimum Gasteiger partial charge on any atom is -0.461 e. The van der Waals surface area contributed by atoms with Crippen molar-refractivity contribution in [3.8, 4) is 0 Å². The van der Waals surface area contributed by atoms with E-state index in [1.807, 2.05) is 27.0 Å². The highest BCUT2D eigenvalue weighted by Crippen LogP contribution is 2.25. The lowest BCUT2D eigenvalue weighted by molar-refractivity contribution is 0.0217. The summed E-state index contributed by atoms with van der Waals surface area (Å²) in [4.78, 5) is 34.9. The monoisotopic (exact) mass is 353 g/mol. The van der Waals surface area contributed by atoms with Crippen molar-refractivity contribution in [2.24, 2.45) is 0 Å². The molecular weight excluding hydrogens is 330 g/mol. The number of thioether (sulfide) groups is 1. The molecule has 24 heavy (non-hydrogen) atoms. The van der Waals surface area contributed by atoms with Crippen molar-refractivity contribution < 1.29 is 19.1 Å². The third kappa shape index (κ3) is 4.37. The molecule has 0 saturated heterocycles. The summed E-state index contributed by atoms with van der Waals surface area (Å²) in [5, 5.41) is 0.530. The third-order valence-electron chi connectivity index (χ3n) is 3.34. The Morgan fingerprint density at radius 3 is 2.58 bits per heavy atom. The van der Waals surface area contributed by atoms with Gasteiger partial charge in [0.1, 0.15) is 5.60 Å². The first kappa shape index (κ1) is 18.5. The molecular formula is C16H23N3O4S. The van der Waals surface area contributed by atoms with Gasteiger partial charge in [-0.1, -0.05) is 11.8 Å². The highest BCUT2D eigenvalue weighted by Gasteiger charge is 2.30. The van der Waals surface area contributed by atoms with Crippen LogP contribution in [0.3, 0.4) is 0 Å². The summed E-state index contributed by atoms with van der Waals surface area (Å²) < 4.78 is 10.5. The molecule has 0 radical (unpaired) electrons. The van der Waals surface area contributed by atoms with Gasteiger partial charge in [0, 0.05) is 18.5 Å². The van der Waals surface area contributed by atoms with E-state index in [9.17, 15) is 9.59 Å². The molecule has 7 nitrogen and oxygen atoms in total. The summed E-state index contributed by atoms with van der Waals surface area (Å²) in [6.45, 7) is 8.21. The molecule has 0 atom stereocenters. The normalized spacial score (nSPS) is 14.1. The summed E-state index contributed by atoms with van der Waals surface area (Å²) in [6, 6.07) is 0. The molecule has 0 spiro atoms. The van der Waals surface area contributed by atoms with Gasteiger partial charge in [0.25, 0.3) is 0 Å². The van der Waals surface area contributed by atoms with Crippen molar-refractivity contribution in [1.82, 2.24) is 14.9 Å². The van der Waals surface area contributed by atoms with Gasteiger partial charge in [0.05, 0.1) is 18.8 Å². The highest BCUT2D eigenvalue weighted by atomic mass is 32.2. The lowest BCUT2D eigenvalue weighted by Gasteiger charge is -2.31. The van der Waals surface area contributed by atoms with Crippen LogP contribution in [0.15, 0.2) is 5.16 Å². The molecule has 0 bridgehead atoms. The van der Waals surface area contributed by atoms with Crippen LogP contribution < -0.4 is 0 Å². The summed E-state index contributed by atoms with van der Waals surface area (Å²) in [5.74, 6) is -0.488. The van der Waals surface area contributed by atoms with Crippen LogP contribution in [0.25, 0.3) is 0 Å². The SMILES string of the molecule is CCOC(=O)c1nc(SC)nc2c1CN(C(=O)OC(C)(C)C)CC2. The summed E-state index contributed by atoms with van der Waals surface area (Å²) in [7, 11) is 0. The van der Waals surface area contributed by atoms with Crippen LogP contribution in [0.1, 0.15) is 49.4 Å². The van der Waals surface area contributed by atoms with E-state index in [-0.39, 0.29) is 18.8 Å². The van der Waals surface area contributed by atoms with E-state index >= 15 is 0 Å². The molecule has 0 unspecified atom stereocenters. The number of esters is 1. The number of ether oxygens (including phenoxy) is 2. The summed E-state index contributed by atoms with van der Waals surface area (Å²) in [5.41, 5.74) is 1.10. The Morgan fingerprint density at radius 2 is 2.00 bits per heavy atom. The average Bonchev–Trinajstić information content (AvgIpc) is 2.51. The van der Waals surface area contributed by atoms with Crippen molar-refractivity contribution in [3.63, 3.8) is 0 Å². The maximum atomic E-state index is 12.3. The number of hydrogen-bond acceptors (Lipinski definition) is 7. The minimum atomic E-state index is -0.569. The van der Waals surface area contributed by atoms with Crippen LogP contribution in [0.5, 0.6) is 0 Å². The molecule has 0 N–H and O–H groups in total. The number of nitrogens with zero attached hydrogens (tertiary/aromatic N) is 3. The van der Waals surface area contributed by atoms with Gasteiger partial charge in [-0.05, 0) is 34.0 Å². The van der Waals surface area contributed by atoms with Gasteiger partial charge in [-0.25, -0.2) is 19.6 Å². The number of carbonyl (C=O) groups is 2. The lowest BCUT2D eigenvalue weighted by Crippen LogP contribution is -2.41. The second-order valence-corrected chi connectivity index (χ2v) is 7.13. The van der Waals surface area contributed by atoms with Crippen molar-refractivity contribution in [3.05, 3.63) is 17.0 Å². The van der Waals surface area contributed by atoms with Gasteiger partial charge >= 0.3 is 12.1 Å². The molecule has 0 aromatic carbocycles. The van der Waals surface area contributed by atoms with Gasteiger partial charge in [0.2, 0.25) is 0 Å². The molecule has 0 aliphatic carbocycles. The smallest absolute Gasteiger partial charge is 0.410 e. The molecule has 1 amide bonds. The van der Waals surface area contributed by atoms with Crippen molar-refractivity contribution in [2.75, 3.05) is 19.4 Å². The van der Waals surface area contributed by atoms with E-state index in [1.54, 1.807) is 11.8 Å². The molecule has 1 aromatic rings. The topological polar surface area (TPSA) is 81.6 Å². The Kier molecular flexibility index (Phi) is 5.69. The number of hydrogen-bond donors (Lipinski definition) is 0. The largest absolute Gasteiger partial charge is 0.461 e. The molecule has 132 valence electrons. The molecule has 0 fully saturated rings. The fraction of sp³-hybridized carbons (Fsp3) is 0.625. The summed E-state index contributed by atoms with van der Waals surface area (Å²) >= 11 is 1.37. The van der Waals surface area contributed by atoms with E-state index in [1.165, 1.54) is 11.8 Å². The highest BCUT2D eigenvalue weighted by molar-refractivity contribution is 7.98. The van der Waals surface area contributed by atoms with Crippen molar-refractivity contribution in [1.29, 1.82) is 0 Å². The fourth-order valence-electron chi connectivity index (χ4n) is 2.33. The first-order chi connectivity index (χ1) is 11.2. The molecule has 2 rings (SSSR count). The van der Waals surface area contributed by atoms with E-state index in [0.717, 1.165) is 5.69 Å². The number of carbonyl (C=O) groups excluding carboxylic acids is 2. The Labute approximate surface area is 146 Å². The van der Waals surface area contributed by atoms with Gasteiger partial charge in [-0.15, -0.1) is 0 Å². The predicted molar refractivity (Wildman–Crippen MR) is 90.1 cm³/mol. The van der Waals surface area contributed by atoms with Gasteiger partial charge in [0.15, 0.2) is 10.9 Å². The maximum Gasteiger partial charge on any atom is 0.410 e. The van der Waals surface area contributed by atoms with Crippen LogP contribution >= 0.6 is 11.8 Å². The zero-order valence-corrected chi connectivity index (χ0v) is 15.5. The quantitative estimate of drug-likeness (QED) is 0.469. The second-order valence-electron chi connectivity index (χ2n) is 6.36. The maximum absolute atomic E-state index is 12.3. The van der Waals surface area contributed by atoms with Gasteiger partial charge in [-0.2, -0.15) is 0 Å². The number of rotatable bonds is 3. The fourth-order valence-corrected chi connectivity index (χ4v) is 2.72. The molecule has 1 aromatic heterocycles. The predicted octanol–water partition coefficient (Wildman–Crippen LogP) is 2.67. The number of aromatic nitrogens is 2. The van der Waals surface area contributed by atoms with Crippen LogP contribution in [0.4, 0.5) is 4.79 Å². The zero-order chi connectivity index (χ0) is 17.9. The van der Waals surface area contributed by atoms with Crippen LogP contribution in [0, 0.1) is 0 Å². The standard InChI is InChI=1S/C16H23N3O4S/c1-6-22-13(20)12-10-9-19(15(21)23-16(2,3)4)8-7-11(10)17-14(18-12)24-5/h6-9H2,1-5H3. The van der Waals surface area contributed by atoms with Crippen molar-refractivity contribution >= 4 is 23.8 Å². The van der Waals surface area contributed by atoms with Crippen molar-refractivity contribution in [2.45, 2.75) is 51.4 Å². The Balaban J connectivity index is 2.31. The molecule has 8 heteroatoms. The van der Waals surface area contributed by atoms with E-state index in [4.69, 9.17) is 9.47 Å². The first-order valence-electron chi connectivity index (χ1n) is 7.84. The molecule has 0 saturated carbocycles. The van der Waals surface area contributed by atoms with Crippen LogP contribution in [-0.4, -0.2) is 51.9 Å². The third-order valence-corrected chi connectivity index (χ3v) is 3.89. The lowest BCUT2D eigenvalue weighted by atomic mass is 10.0. The van der Waals surface area contributed by atoms with Gasteiger partial charge < -0.3 is 14.4 Å². The molecule has 1 aliphatic heterocycles. The molecule has 2 heterocycles. The van der Waals surface area contributed by atoms with Crippen LogP contribution in [-0.2, 0) is 22.4 Å². The average molecular weight is 353 g/mol. The van der Waals surface area contributed by atoms with E-state index in [0.29, 0.717) is 23.7 Å². The van der Waals surface area contributed by atoms with E-state index < -0.39 is 17.7 Å². The second kappa shape index (κ2) is 7.38. The Hall–Kier alpha value is -1.83. The van der Waals surface area contributed by atoms with Crippen LogP contribution in [0.2, 0.25) is 0 Å². The number of amides is 1. The van der Waals surface area contributed by atoms with E-state index in [2.05, 4.69) is 9.97 Å². The zero-order valence-electron chi connectivity index (χ0n) is 14.7. The Morgan fingerprint density at radius 1 is 1.29 bits per heavy atom. The minimum absolute atomic E-state index is 0.236. The first-order valence-corrected chi connectivity index (χ1v) is 9.06. The number of fused-ring (bicyclic) bond motifs is 1. The molecule has 1 aliphatic rings.